The number of carbonyl (C=O) groups is 2. The van der Waals surface area contributed by atoms with Crippen molar-refractivity contribution in [3.63, 3.8) is 0 Å². The summed E-state index contributed by atoms with van der Waals surface area (Å²) in [7, 11) is 1.42. The molecule has 1 aliphatic heterocycles. The monoisotopic (exact) mass is 228 g/mol. The summed E-state index contributed by atoms with van der Waals surface area (Å²) in [6, 6.07) is 6.48. The molecule has 0 N–H and O–H groups in total. The summed E-state index contributed by atoms with van der Waals surface area (Å²) in [4.78, 5) is 24.0. The number of methoxy groups -OCH3 is 1. The van der Waals surface area contributed by atoms with Gasteiger partial charge in [0.25, 0.3) is 11.8 Å². The van der Waals surface area contributed by atoms with Crippen molar-refractivity contribution < 1.29 is 14.3 Å². The summed E-state index contributed by atoms with van der Waals surface area (Å²) in [5.41, 5.74) is 0.740. The van der Waals surface area contributed by atoms with E-state index in [9.17, 15) is 9.59 Å². The molecule has 0 radical (unpaired) electrons. The first-order valence-electron chi connectivity index (χ1n) is 4.81. The van der Waals surface area contributed by atoms with Crippen molar-refractivity contribution in [2.75, 3.05) is 12.0 Å². The lowest BCUT2D eigenvalue weighted by molar-refractivity contribution is -0.120. The number of imide groups is 1. The van der Waals surface area contributed by atoms with E-state index >= 15 is 0 Å². The van der Waals surface area contributed by atoms with Gasteiger partial charge in [-0.2, -0.15) is 5.26 Å². The molecule has 0 spiro atoms. The fraction of sp³-hybridized carbons (Fsp3) is 0.0833. The number of nitriles is 1. The van der Waals surface area contributed by atoms with Crippen molar-refractivity contribution in [2.24, 2.45) is 0 Å². The van der Waals surface area contributed by atoms with Crippen LogP contribution in [0, 0.1) is 11.3 Å². The summed E-state index contributed by atoms with van der Waals surface area (Å²) in [5, 5.41) is 8.75. The minimum absolute atomic E-state index is 0.314. The highest BCUT2D eigenvalue weighted by Gasteiger charge is 2.27. The van der Waals surface area contributed by atoms with Crippen LogP contribution in [0.4, 0.5) is 5.69 Å². The molecule has 84 valence electrons. The Morgan fingerprint density at radius 1 is 1.24 bits per heavy atom. The maximum absolute atomic E-state index is 11.5. The largest absolute Gasteiger partial charge is 0.495 e. The van der Waals surface area contributed by atoms with Gasteiger partial charge < -0.3 is 4.74 Å². The normalized spacial score (nSPS) is 14.0. The lowest BCUT2D eigenvalue weighted by Gasteiger charge is -2.17. The SMILES string of the molecule is COc1cc(C#N)ccc1N1C(=O)C=CC1=O. The molecule has 0 aliphatic carbocycles. The molecule has 0 fully saturated rings. The number of carbonyl (C=O) groups excluding carboxylic acids is 2. The van der Waals surface area contributed by atoms with Gasteiger partial charge >= 0.3 is 0 Å². The van der Waals surface area contributed by atoms with Crippen LogP contribution in [0.1, 0.15) is 5.56 Å². The van der Waals surface area contributed by atoms with E-state index in [2.05, 4.69) is 0 Å². The zero-order chi connectivity index (χ0) is 12.4. The van der Waals surface area contributed by atoms with Crippen LogP contribution in [0.5, 0.6) is 5.75 Å². The van der Waals surface area contributed by atoms with E-state index < -0.39 is 11.8 Å². The lowest BCUT2D eigenvalue weighted by Crippen LogP contribution is -2.29. The van der Waals surface area contributed by atoms with Crippen molar-refractivity contribution >= 4 is 17.5 Å². The Morgan fingerprint density at radius 3 is 2.41 bits per heavy atom. The van der Waals surface area contributed by atoms with Crippen LogP contribution in [0.2, 0.25) is 0 Å². The number of anilines is 1. The average Bonchev–Trinajstić information content (AvgIpc) is 2.68. The van der Waals surface area contributed by atoms with E-state index in [1.807, 2.05) is 6.07 Å². The molecule has 5 nitrogen and oxygen atoms in total. The minimum atomic E-state index is -0.419. The predicted molar refractivity (Wildman–Crippen MR) is 59.3 cm³/mol. The van der Waals surface area contributed by atoms with E-state index in [0.29, 0.717) is 17.0 Å². The van der Waals surface area contributed by atoms with E-state index in [-0.39, 0.29) is 0 Å². The zero-order valence-corrected chi connectivity index (χ0v) is 9.01. The molecule has 0 saturated heterocycles. The van der Waals surface area contributed by atoms with Gasteiger partial charge in [0.05, 0.1) is 24.4 Å². The molecule has 0 bridgehead atoms. The Balaban J connectivity index is 2.50. The van der Waals surface area contributed by atoms with Gasteiger partial charge in [0.1, 0.15) is 5.75 Å². The lowest BCUT2D eigenvalue weighted by atomic mass is 10.2. The molecule has 1 aromatic rings. The number of benzene rings is 1. The Labute approximate surface area is 97.5 Å². The number of ether oxygens (including phenoxy) is 1. The summed E-state index contributed by atoms with van der Waals surface area (Å²) in [6.07, 6.45) is 2.39. The van der Waals surface area contributed by atoms with Crippen LogP contribution < -0.4 is 9.64 Å². The first kappa shape index (κ1) is 10.9. The van der Waals surface area contributed by atoms with Crippen LogP contribution in [-0.4, -0.2) is 18.9 Å². The van der Waals surface area contributed by atoms with Crippen LogP contribution in [0.3, 0.4) is 0 Å². The topological polar surface area (TPSA) is 70.4 Å². The number of hydrogen-bond acceptors (Lipinski definition) is 4. The maximum atomic E-state index is 11.5. The first-order valence-corrected chi connectivity index (χ1v) is 4.81. The molecule has 1 aliphatic rings. The number of amides is 2. The van der Waals surface area contributed by atoms with Gasteiger partial charge in [0, 0.05) is 18.2 Å². The highest BCUT2D eigenvalue weighted by atomic mass is 16.5. The summed E-state index contributed by atoms with van der Waals surface area (Å²) < 4.78 is 5.07. The molecule has 0 saturated carbocycles. The van der Waals surface area contributed by atoms with Gasteiger partial charge in [-0.1, -0.05) is 0 Å². The van der Waals surface area contributed by atoms with E-state index in [1.165, 1.54) is 37.5 Å². The molecule has 1 aromatic carbocycles. The number of rotatable bonds is 2. The van der Waals surface area contributed by atoms with Crippen molar-refractivity contribution in [2.45, 2.75) is 0 Å². The molecule has 0 unspecified atom stereocenters. The van der Waals surface area contributed by atoms with Gasteiger partial charge in [0.2, 0.25) is 0 Å². The van der Waals surface area contributed by atoms with E-state index in [1.54, 1.807) is 0 Å². The van der Waals surface area contributed by atoms with Gasteiger partial charge in [0.15, 0.2) is 0 Å². The molecule has 0 aromatic heterocycles. The predicted octanol–water partition coefficient (Wildman–Crippen LogP) is 0.996. The van der Waals surface area contributed by atoms with Crippen LogP contribution in [0.25, 0.3) is 0 Å². The average molecular weight is 228 g/mol. The molecule has 2 rings (SSSR count). The molecule has 5 heteroatoms. The fourth-order valence-electron chi connectivity index (χ4n) is 1.57. The molecule has 17 heavy (non-hydrogen) atoms. The van der Waals surface area contributed by atoms with Crippen molar-refractivity contribution in [1.82, 2.24) is 0 Å². The molecule has 2 amide bonds. The molecular formula is C12H8N2O3. The van der Waals surface area contributed by atoms with Crippen LogP contribution in [0.15, 0.2) is 30.4 Å². The number of hydrogen-bond donors (Lipinski definition) is 0. The summed E-state index contributed by atoms with van der Waals surface area (Å²) >= 11 is 0. The van der Waals surface area contributed by atoms with Crippen molar-refractivity contribution in [3.05, 3.63) is 35.9 Å². The minimum Gasteiger partial charge on any atom is -0.495 e. The highest BCUT2D eigenvalue weighted by molar-refractivity contribution is 6.28. The zero-order valence-electron chi connectivity index (χ0n) is 9.01. The Kier molecular flexibility index (Phi) is 2.63. The van der Waals surface area contributed by atoms with Crippen LogP contribution in [-0.2, 0) is 9.59 Å². The second-order valence-corrected chi connectivity index (χ2v) is 3.34. The molecule has 1 heterocycles. The first-order chi connectivity index (χ1) is 8.17. The third-order valence-electron chi connectivity index (χ3n) is 2.36. The Morgan fingerprint density at radius 2 is 1.88 bits per heavy atom. The van der Waals surface area contributed by atoms with Crippen molar-refractivity contribution in [1.29, 1.82) is 5.26 Å². The second-order valence-electron chi connectivity index (χ2n) is 3.34. The van der Waals surface area contributed by atoms with E-state index in [0.717, 1.165) is 4.90 Å². The maximum Gasteiger partial charge on any atom is 0.258 e. The second kappa shape index (κ2) is 4.10. The van der Waals surface area contributed by atoms with Gasteiger partial charge in [-0.05, 0) is 12.1 Å². The summed E-state index contributed by atoms with van der Waals surface area (Å²) in [6.45, 7) is 0. The molecular weight excluding hydrogens is 220 g/mol. The van der Waals surface area contributed by atoms with Crippen LogP contribution >= 0.6 is 0 Å². The van der Waals surface area contributed by atoms with Gasteiger partial charge in [-0.15, -0.1) is 0 Å². The fourth-order valence-corrected chi connectivity index (χ4v) is 1.57. The smallest absolute Gasteiger partial charge is 0.258 e. The summed E-state index contributed by atoms with van der Waals surface area (Å²) in [5.74, 6) is -0.523. The standard InChI is InChI=1S/C12H8N2O3/c1-17-10-6-8(7-13)2-3-9(10)14-11(15)4-5-12(14)16/h2-6H,1H3. The third-order valence-corrected chi connectivity index (χ3v) is 2.36. The number of nitrogens with zero attached hydrogens (tertiary/aromatic N) is 2. The van der Waals surface area contributed by atoms with E-state index in [4.69, 9.17) is 10.00 Å². The Hall–Kier alpha value is -2.61. The highest BCUT2D eigenvalue weighted by Crippen LogP contribution is 2.31. The van der Waals surface area contributed by atoms with Gasteiger partial charge in [-0.3, -0.25) is 9.59 Å². The quantitative estimate of drug-likeness (QED) is 0.708. The third kappa shape index (κ3) is 1.76. The molecule has 0 atom stereocenters. The van der Waals surface area contributed by atoms with Gasteiger partial charge in [-0.25, -0.2) is 4.90 Å². The Bertz CT molecular complexity index is 552. The van der Waals surface area contributed by atoms with Crippen molar-refractivity contribution in [3.8, 4) is 11.8 Å².